The number of aliphatic imine (C=N–C) groups is 1. The minimum absolute atomic E-state index is 0. The summed E-state index contributed by atoms with van der Waals surface area (Å²) in [7, 11) is 1.87. The van der Waals surface area contributed by atoms with Crippen molar-refractivity contribution in [1.29, 1.82) is 0 Å². The lowest BCUT2D eigenvalue weighted by atomic mass is 10.4. The molecule has 23 heavy (non-hydrogen) atoms. The number of fused-ring (bicyclic) bond motifs is 2. The van der Waals surface area contributed by atoms with Gasteiger partial charge in [0.2, 0.25) is 0 Å². The summed E-state index contributed by atoms with van der Waals surface area (Å²) in [5.41, 5.74) is 6.86. The van der Waals surface area contributed by atoms with Gasteiger partial charge < -0.3 is 16.0 Å². The van der Waals surface area contributed by atoms with E-state index in [9.17, 15) is 0 Å². The predicted octanol–water partition coefficient (Wildman–Crippen LogP) is 0.619. The summed E-state index contributed by atoms with van der Waals surface area (Å²) in [6.45, 7) is 3.47. The molecule has 2 unspecified atom stereocenters. The predicted molar refractivity (Wildman–Crippen MR) is 94.8 cm³/mol. The smallest absolute Gasteiger partial charge is 0.191 e. The van der Waals surface area contributed by atoms with Crippen LogP contribution in [0.2, 0.25) is 0 Å². The number of hydrogen-bond acceptors (Lipinski definition) is 5. The molecule has 2 atom stereocenters. The van der Waals surface area contributed by atoms with Crippen LogP contribution in [0, 0.1) is 11.8 Å². The SMILES string of the molecule is Br.Cn1ncc2c(NCCN=C(N)N3CC4CC4C3)ncnc21. The van der Waals surface area contributed by atoms with Gasteiger partial charge in [0, 0.05) is 26.7 Å². The number of rotatable bonds is 4. The molecule has 1 aliphatic heterocycles. The standard InChI is InChI=1S/C14H20N8.BrH/c1-21-13-11(5-20-21)12(18-8-19-13)16-2-3-17-14(15)22-6-9-4-10(9)7-22;/h5,8-10H,2-4,6-7H2,1H3,(H2,15,17)(H,16,18,19);1H. The van der Waals surface area contributed by atoms with Crippen molar-refractivity contribution in [2.75, 3.05) is 31.5 Å². The van der Waals surface area contributed by atoms with Gasteiger partial charge in [0.05, 0.1) is 18.1 Å². The normalized spacial score (nSPS) is 22.8. The maximum Gasteiger partial charge on any atom is 0.191 e. The van der Waals surface area contributed by atoms with E-state index in [0.717, 1.165) is 41.8 Å². The molecule has 1 aliphatic carbocycles. The van der Waals surface area contributed by atoms with Crippen LogP contribution in [0.25, 0.3) is 11.0 Å². The number of nitrogens with zero attached hydrogens (tertiary/aromatic N) is 6. The molecular weight excluding hydrogens is 360 g/mol. The Morgan fingerprint density at radius 2 is 2.17 bits per heavy atom. The molecule has 0 bridgehead atoms. The number of anilines is 1. The van der Waals surface area contributed by atoms with Gasteiger partial charge in [0.25, 0.3) is 0 Å². The Morgan fingerprint density at radius 3 is 2.96 bits per heavy atom. The van der Waals surface area contributed by atoms with Crippen molar-refractivity contribution in [2.45, 2.75) is 6.42 Å². The number of halogens is 1. The third-order valence-corrected chi connectivity index (χ3v) is 4.51. The molecule has 4 rings (SSSR count). The second kappa shape index (κ2) is 6.31. The highest BCUT2D eigenvalue weighted by Gasteiger charge is 2.45. The van der Waals surface area contributed by atoms with Crippen LogP contribution < -0.4 is 11.1 Å². The van der Waals surface area contributed by atoms with Crippen molar-refractivity contribution < 1.29 is 0 Å². The fourth-order valence-electron chi connectivity index (χ4n) is 3.13. The molecule has 3 heterocycles. The highest BCUT2D eigenvalue weighted by molar-refractivity contribution is 8.93. The van der Waals surface area contributed by atoms with E-state index in [2.05, 4.69) is 30.3 Å². The van der Waals surface area contributed by atoms with Crippen LogP contribution in [0.4, 0.5) is 5.82 Å². The molecule has 0 radical (unpaired) electrons. The van der Waals surface area contributed by atoms with E-state index in [1.165, 1.54) is 6.42 Å². The van der Waals surface area contributed by atoms with E-state index in [1.54, 1.807) is 17.2 Å². The monoisotopic (exact) mass is 380 g/mol. The van der Waals surface area contributed by atoms with Crippen LogP contribution in [-0.4, -0.2) is 56.8 Å². The Balaban J connectivity index is 0.00000156. The number of aryl methyl sites for hydroxylation is 1. The Morgan fingerprint density at radius 1 is 1.39 bits per heavy atom. The molecule has 2 aromatic heterocycles. The first kappa shape index (κ1) is 16.0. The quantitative estimate of drug-likeness (QED) is 0.458. The lowest BCUT2D eigenvalue weighted by Crippen LogP contribution is -2.37. The highest BCUT2D eigenvalue weighted by Crippen LogP contribution is 2.44. The second-order valence-electron chi connectivity index (χ2n) is 6.06. The molecule has 1 saturated heterocycles. The molecule has 9 heteroatoms. The lowest BCUT2D eigenvalue weighted by Gasteiger charge is -2.18. The summed E-state index contributed by atoms with van der Waals surface area (Å²) < 4.78 is 1.73. The van der Waals surface area contributed by atoms with Gasteiger partial charge in [-0.15, -0.1) is 17.0 Å². The number of likely N-dealkylation sites (tertiary alicyclic amines) is 1. The van der Waals surface area contributed by atoms with Crippen molar-refractivity contribution in [3.8, 4) is 0 Å². The van der Waals surface area contributed by atoms with E-state index in [4.69, 9.17) is 5.73 Å². The van der Waals surface area contributed by atoms with Crippen LogP contribution in [0.15, 0.2) is 17.5 Å². The van der Waals surface area contributed by atoms with Gasteiger partial charge in [-0.05, 0) is 18.3 Å². The van der Waals surface area contributed by atoms with E-state index in [-0.39, 0.29) is 17.0 Å². The molecule has 1 saturated carbocycles. The lowest BCUT2D eigenvalue weighted by molar-refractivity contribution is 0.455. The zero-order chi connectivity index (χ0) is 15.1. The van der Waals surface area contributed by atoms with Crippen LogP contribution in [0.3, 0.4) is 0 Å². The van der Waals surface area contributed by atoms with Gasteiger partial charge in [-0.25, -0.2) is 9.97 Å². The first-order valence-corrected chi connectivity index (χ1v) is 7.64. The number of piperidine rings is 1. The minimum atomic E-state index is 0. The Labute approximate surface area is 144 Å². The summed E-state index contributed by atoms with van der Waals surface area (Å²) in [5, 5.41) is 8.39. The van der Waals surface area contributed by atoms with Crippen LogP contribution in [0.5, 0.6) is 0 Å². The molecule has 0 spiro atoms. The Bertz CT molecular complexity index is 717. The fraction of sp³-hybridized carbons (Fsp3) is 0.571. The summed E-state index contributed by atoms with van der Waals surface area (Å²) in [6.07, 6.45) is 4.69. The van der Waals surface area contributed by atoms with Crippen molar-refractivity contribution in [3.05, 3.63) is 12.5 Å². The number of aromatic nitrogens is 4. The van der Waals surface area contributed by atoms with Crippen molar-refractivity contribution in [2.24, 2.45) is 29.6 Å². The summed E-state index contributed by atoms with van der Waals surface area (Å²) >= 11 is 0. The van der Waals surface area contributed by atoms with Crippen LogP contribution in [-0.2, 0) is 7.05 Å². The molecule has 8 nitrogen and oxygen atoms in total. The molecule has 2 aromatic rings. The van der Waals surface area contributed by atoms with Crippen molar-refractivity contribution >= 4 is 39.8 Å². The highest BCUT2D eigenvalue weighted by atomic mass is 79.9. The molecular formula is C14H21BrN8. The Kier molecular flexibility index (Phi) is 4.38. The summed E-state index contributed by atoms with van der Waals surface area (Å²) in [6, 6.07) is 0. The summed E-state index contributed by atoms with van der Waals surface area (Å²) in [5.74, 6) is 3.19. The first-order valence-electron chi connectivity index (χ1n) is 7.64. The molecule has 2 aliphatic rings. The fourth-order valence-corrected chi connectivity index (χ4v) is 3.13. The van der Waals surface area contributed by atoms with Crippen LogP contribution in [0.1, 0.15) is 6.42 Å². The van der Waals surface area contributed by atoms with Gasteiger partial charge in [-0.3, -0.25) is 9.67 Å². The molecule has 3 N–H and O–H groups in total. The number of hydrogen-bond donors (Lipinski definition) is 2. The zero-order valence-corrected chi connectivity index (χ0v) is 14.7. The van der Waals surface area contributed by atoms with Gasteiger partial charge >= 0.3 is 0 Å². The first-order chi connectivity index (χ1) is 10.7. The maximum absolute atomic E-state index is 6.04. The molecule has 0 aromatic carbocycles. The number of nitrogens with one attached hydrogen (secondary N) is 1. The molecule has 2 fully saturated rings. The zero-order valence-electron chi connectivity index (χ0n) is 13.0. The number of nitrogens with two attached hydrogens (primary N) is 1. The van der Waals surface area contributed by atoms with Gasteiger partial charge in [0.15, 0.2) is 11.6 Å². The largest absolute Gasteiger partial charge is 0.370 e. The van der Waals surface area contributed by atoms with Crippen molar-refractivity contribution in [1.82, 2.24) is 24.6 Å². The topological polar surface area (TPSA) is 97.2 Å². The van der Waals surface area contributed by atoms with E-state index in [0.29, 0.717) is 19.0 Å². The molecule has 0 amide bonds. The van der Waals surface area contributed by atoms with E-state index < -0.39 is 0 Å². The van der Waals surface area contributed by atoms with E-state index in [1.807, 2.05) is 7.05 Å². The van der Waals surface area contributed by atoms with Crippen LogP contribution >= 0.6 is 17.0 Å². The third-order valence-electron chi connectivity index (χ3n) is 4.51. The van der Waals surface area contributed by atoms with Gasteiger partial charge in [-0.1, -0.05) is 0 Å². The maximum atomic E-state index is 6.04. The second-order valence-corrected chi connectivity index (χ2v) is 6.06. The van der Waals surface area contributed by atoms with Crippen molar-refractivity contribution in [3.63, 3.8) is 0 Å². The third kappa shape index (κ3) is 3.10. The molecule has 124 valence electrons. The summed E-state index contributed by atoms with van der Waals surface area (Å²) in [4.78, 5) is 15.1. The average Bonchev–Trinajstić information content (AvgIpc) is 2.95. The van der Waals surface area contributed by atoms with Gasteiger partial charge in [0.1, 0.15) is 12.1 Å². The Hall–Kier alpha value is -1.90. The van der Waals surface area contributed by atoms with E-state index >= 15 is 0 Å². The number of guanidine groups is 1. The average molecular weight is 381 g/mol. The van der Waals surface area contributed by atoms with Gasteiger partial charge in [-0.2, -0.15) is 5.10 Å². The minimum Gasteiger partial charge on any atom is -0.370 e.